The summed E-state index contributed by atoms with van der Waals surface area (Å²) in [5.74, 6) is 0.0612. The highest BCUT2D eigenvalue weighted by atomic mass is 32.2. The fraction of sp³-hybridized carbons (Fsp3) is 0.576. The number of hydrogen-bond acceptors (Lipinski definition) is 7. The lowest BCUT2D eigenvalue weighted by molar-refractivity contribution is -0.136. The molecule has 0 radical (unpaired) electrons. The van der Waals surface area contributed by atoms with Gasteiger partial charge in [0.1, 0.15) is 5.37 Å². The van der Waals surface area contributed by atoms with Crippen LogP contribution in [0.2, 0.25) is 0 Å². The predicted octanol–water partition coefficient (Wildman–Crippen LogP) is 4.36. The fourth-order valence-electron chi connectivity index (χ4n) is 6.14. The molecule has 2 atom stereocenters. The quantitative estimate of drug-likeness (QED) is 0.360. The first-order valence-electron chi connectivity index (χ1n) is 15.7. The molecule has 4 heterocycles. The molecule has 2 unspecified atom stereocenters. The van der Waals surface area contributed by atoms with Crippen LogP contribution in [-0.4, -0.2) is 100 Å². The maximum absolute atomic E-state index is 14.0. The van der Waals surface area contributed by atoms with Gasteiger partial charge in [0.15, 0.2) is 5.65 Å². The summed E-state index contributed by atoms with van der Waals surface area (Å²) < 4.78 is 1.78. The third-order valence-electron chi connectivity index (χ3n) is 8.77. The van der Waals surface area contributed by atoms with E-state index in [1.165, 1.54) is 0 Å². The largest absolute Gasteiger partial charge is 0.373 e. The number of nitrogens with one attached hydrogen (secondary N) is 1. The molecule has 0 spiro atoms. The molecule has 1 aromatic carbocycles. The van der Waals surface area contributed by atoms with E-state index in [9.17, 15) is 14.4 Å². The second kappa shape index (κ2) is 13.4. The van der Waals surface area contributed by atoms with Crippen LogP contribution < -0.4 is 10.6 Å². The van der Waals surface area contributed by atoms with Crippen molar-refractivity contribution in [2.75, 3.05) is 58.8 Å². The number of nitrogens with zero attached hydrogens (tertiary/aromatic N) is 6. The number of aromatic amines is 1. The van der Waals surface area contributed by atoms with Gasteiger partial charge in [-0.25, -0.2) is 9.78 Å². The second-order valence-corrected chi connectivity index (χ2v) is 14.9. The van der Waals surface area contributed by atoms with Crippen molar-refractivity contribution in [1.82, 2.24) is 29.2 Å². The summed E-state index contributed by atoms with van der Waals surface area (Å²) in [6, 6.07) is 12.1. The zero-order valence-corrected chi connectivity index (χ0v) is 27.8. The van der Waals surface area contributed by atoms with Crippen molar-refractivity contribution >= 4 is 40.4 Å². The van der Waals surface area contributed by atoms with Crippen LogP contribution in [0.3, 0.4) is 0 Å². The summed E-state index contributed by atoms with van der Waals surface area (Å²) in [6.07, 6.45) is 4.11. The van der Waals surface area contributed by atoms with Crippen LogP contribution in [-0.2, 0) is 9.59 Å². The van der Waals surface area contributed by atoms with Crippen LogP contribution in [0.15, 0.2) is 47.4 Å². The summed E-state index contributed by atoms with van der Waals surface area (Å²) >= 11 is 1.62. The van der Waals surface area contributed by atoms with Crippen LogP contribution in [0.1, 0.15) is 63.4 Å². The van der Waals surface area contributed by atoms with Crippen molar-refractivity contribution in [3.05, 3.63) is 58.6 Å². The Hall–Kier alpha value is -3.31. The Bertz CT molecular complexity index is 1520. The highest BCUT2D eigenvalue weighted by molar-refractivity contribution is 8.01. The number of amides is 2. The van der Waals surface area contributed by atoms with Gasteiger partial charge in [0.2, 0.25) is 11.8 Å². The van der Waals surface area contributed by atoms with Crippen molar-refractivity contribution < 1.29 is 9.59 Å². The Kier molecular flexibility index (Phi) is 9.74. The van der Waals surface area contributed by atoms with E-state index < -0.39 is 5.25 Å². The Morgan fingerprint density at radius 2 is 1.77 bits per heavy atom. The van der Waals surface area contributed by atoms with Crippen molar-refractivity contribution in [1.29, 1.82) is 0 Å². The summed E-state index contributed by atoms with van der Waals surface area (Å²) in [5.41, 5.74) is 3.55. The van der Waals surface area contributed by atoms with E-state index in [0.29, 0.717) is 38.1 Å². The molecule has 3 aromatic rings. The van der Waals surface area contributed by atoms with Crippen molar-refractivity contribution in [2.45, 2.75) is 63.1 Å². The van der Waals surface area contributed by atoms with E-state index in [-0.39, 0.29) is 40.8 Å². The van der Waals surface area contributed by atoms with Crippen molar-refractivity contribution in [2.24, 2.45) is 5.41 Å². The highest BCUT2D eigenvalue weighted by Gasteiger charge is 2.43. The molecular formula is C33H47N7O3S. The van der Waals surface area contributed by atoms with Gasteiger partial charge in [-0.1, -0.05) is 39.0 Å². The first-order valence-corrected chi connectivity index (χ1v) is 16.6. The lowest BCUT2D eigenvalue weighted by Gasteiger charge is -2.33. The molecule has 2 aliphatic rings. The number of likely N-dealkylation sites (tertiary alicyclic amines) is 1. The predicted molar refractivity (Wildman–Crippen MR) is 178 cm³/mol. The third kappa shape index (κ3) is 7.15. The number of likely N-dealkylation sites (N-methyl/N-ethyl adjacent to an activating group) is 2. The van der Waals surface area contributed by atoms with Gasteiger partial charge in [-0.15, -0.1) is 11.8 Å². The molecule has 238 valence electrons. The first-order chi connectivity index (χ1) is 20.9. The molecule has 2 fully saturated rings. The van der Waals surface area contributed by atoms with Crippen LogP contribution in [0.4, 0.5) is 5.69 Å². The monoisotopic (exact) mass is 621 g/mol. The number of benzene rings is 1. The number of para-hydroxylation sites is 1. The first kappa shape index (κ1) is 32.1. The van der Waals surface area contributed by atoms with Gasteiger partial charge in [0.25, 0.3) is 0 Å². The molecule has 1 N–H and O–H groups in total. The number of anilines is 1. The lowest BCUT2D eigenvalue weighted by atomic mass is 9.92. The van der Waals surface area contributed by atoms with Crippen LogP contribution in [0.5, 0.6) is 0 Å². The number of imidazole rings is 1. The Balaban J connectivity index is 1.29. The van der Waals surface area contributed by atoms with Crippen LogP contribution in [0, 0.1) is 5.41 Å². The number of piperidine rings is 1. The van der Waals surface area contributed by atoms with E-state index in [1.54, 1.807) is 22.5 Å². The van der Waals surface area contributed by atoms with Crippen LogP contribution in [0.25, 0.3) is 11.2 Å². The maximum atomic E-state index is 14.0. The van der Waals surface area contributed by atoms with E-state index in [1.807, 2.05) is 28.0 Å². The zero-order valence-electron chi connectivity index (χ0n) is 27.0. The number of H-pyrrole nitrogens is 1. The molecule has 5 rings (SSSR count). The van der Waals surface area contributed by atoms with Gasteiger partial charge in [0, 0.05) is 69.7 Å². The number of pyridine rings is 1. The smallest absolute Gasteiger partial charge is 0.327 e. The number of fused-ring (bicyclic) bond motifs is 1. The number of thioether (sulfide) groups is 1. The second-order valence-electron chi connectivity index (χ2n) is 13.6. The SMILES string of the molecule is CN(C)CCN(C)c1ccccc1C1SC(CC(=O)N2CCC(n3c(=O)[nH]c4ncccc43)CC2)C(=O)N1CCC(C)(C)C. The molecule has 0 saturated carbocycles. The minimum absolute atomic E-state index is 0.00486. The molecular weight excluding hydrogens is 574 g/mol. The Morgan fingerprint density at radius 3 is 2.48 bits per heavy atom. The molecule has 0 aliphatic carbocycles. The van der Waals surface area contributed by atoms with Crippen LogP contribution >= 0.6 is 11.8 Å². The minimum Gasteiger partial charge on any atom is -0.373 e. The Labute approximate surface area is 264 Å². The molecule has 44 heavy (non-hydrogen) atoms. The fourth-order valence-corrected chi connectivity index (χ4v) is 7.65. The van der Waals surface area contributed by atoms with E-state index in [0.717, 1.165) is 36.3 Å². The summed E-state index contributed by atoms with van der Waals surface area (Å²) in [4.78, 5) is 55.7. The molecule has 10 nitrogen and oxygen atoms in total. The van der Waals surface area contributed by atoms with E-state index in [2.05, 4.69) is 79.9 Å². The van der Waals surface area contributed by atoms with Gasteiger partial charge in [-0.05, 0) is 57.0 Å². The number of hydrogen-bond donors (Lipinski definition) is 1. The Morgan fingerprint density at radius 1 is 1.05 bits per heavy atom. The molecule has 0 bridgehead atoms. The van der Waals surface area contributed by atoms with Crippen molar-refractivity contribution in [3.63, 3.8) is 0 Å². The lowest BCUT2D eigenvalue weighted by Crippen LogP contribution is -2.42. The number of rotatable bonds is 10. The number of carbonyl (C=O) groups excluding carboxylic acids is 2. The third-order valence-corrected chi connectivity index (χ3v) is 10.2. The summed E-state index contributed by atoms with van der Waals surface area (Å²) in [7, 11) is 6.25. The molecule has 11 heteroatoms. The molecule has 2 saturated heterocycles. The molecule has 2 aromatic heterocycles. The number of aromatic nitrogens is 3. The minimum atomic E-state index is -0.423. The average Bonchev–Trinajstić information content (AvgIpc) is 3.49. The van der Waals surface area contributed by atoms with Gasteiger partial charge >= 0.3 is 5.69 Å². The molecule has 2 amide bonds. The maximum Gasteiger partial charge on any atom is 0.327 e. The highest BCUT2D eigenvalue weighted by Crippen LogP contribution is 2.47. The molecule has 2 aliphatic heterocycles. The van der Waals surface area contributed by atoms with Gasteiger partial charge < -0.3 is 19.6 Å². The summed E-state index contributed by atoms with van der Waals surface area (Å²) in [5, 5.41) is -0.568. The average molecular weight is 622 g/mol. The standard InChI is InChI=1S/C33H47N7O3S/c1-33(2,3)15-19-39-30(42)27(44-31(39)24-10-7-8-11-25(24)37(6)21-20-36(4)5)22-28(41)38-17-13-23(14-18-38)40-26-12-9-16-34-29(26)35-32(40)43/h7-12,16,23,27,31H,13-15,17-22H2,1-6H3,(H,34,35,43). The normalized spacial score (nSPS) is 19.8. The number of carbonyl (C=O) groups is 2. The summed E-state index contributed by atoms with van der Waals surface area (Å²) in [6.45, 7) is 10.2. The zero-order chi connectivity index (χ0) is 31.6. The van der Waals surface area contributed by atoms with Crippen molar-refractivity contribution in [3.8, 4) is 0 Å². The van der Waals surface area contributed by atoms with E-state index in [4.69, 9.17) is 0 Å². The van der Waals surface area contributed by atoms with Gasteiger partial charge in [-0.3, -0.25) is 19.1 Å². The van der Waals surface area contributed by atoms with Gasteiger partial charge in [-0.2, -0.15) is 0 Å². The van der Waals surface area contributed by atoms with E-state index >= 15 is 0 Å². The van der Waals surface area contributed by atoms with Gasteiger partial charge in [0.05, 0.1) is 10.8 Å². The topological polar surface area (TPSA) is 97.8 Å².